The van der Waals surface area contributed by atoms with Gasteiger partial charge in [-0.25, -0.2) is 4.68 Å². The number of methoxy groups -OCH3 is 2. The number of nitrogens with one attached hydrogen (secondary N) is 1. The highest BCUT2D eigenvalue weighted by molar-refractivity contribution is 5.88. The molecule has 0 saturated carbocycles. The molecule has 1 amide bonds. The predicted molar refractivity (Wildman–Crippen MR) is 107 cm³/mol. The van der Waals surface area contributed by atoms with E-state index in [-0.39, 0.29) is 23.9 Å². The molecule has 1 N–H and O–H groups in total. The Bertz CT molecular complexity index is 1070. The van der Waals surface area contributed by atoms with Gasteiger partial charge in [-0.05, 0) is 25.1 Å². The van der Waals surface area contributed by atoms with E-state index in [2.05, 4.69) is 10.4 Å². The molecule has 0 radical (unpaired) electrons. The largest absolute Gasteiger partial charge is 0.497 e. The van der Waals surface area contributed by atoms with Gasteiger partial charge in [0.1, 0.15) is 11.5 Å². The van der Waals surface area contributed by atoms with Crippen LogP contribution in [0.15, 0.2) is 47.3 Å². The third-order valence-corrected chi connectivity index (χ3v) is 4.65. The number of amides is 1. The number of aryl methyl sites for hydroxylation is 1. The van der Waals surface area contributed by atoms with Crippen LogP contribution in [0.1, 0.15) is 24.2 Å². The smallest absolute Gasteiger partial charge is 0.274 e. The highest BCUT2D eigenvalue weighted by atomic mass is 16.5. The highest BCUT2D eigenvalue weighted by Crippen LogP contribution is 2.29. The number of hydrogen-bond acceptors (Lipinski definition) is 5. The molecular formula is C21H23N3O4. The van der Waals surface area contributed by atoms with Crippen LogP contribution in [0.5, 0.6) is 11.5 Å². The zero-order valence-electron chi connectivity index (χ0n) is 16.4. The molecule has 3 aromatic rings. The van der Waals surface area contributed by atoms with Crippen LogP contribution < -0.4 is 20.3 Å². The van der Waals surface area contributed by atoms with Crippen molar-refractivity contribution in [2.75, 3.05) is 14.2 Å². The molecule has 0 aliphatic carbocycles. The summed E-state index contributed by atoms with van der Waals surface area (Å²) in [5.74, 6) is 1.12. The average Bonchev–Trinajstić information content (AvgIpc) is 2.71. The van der Waals surface area contributed by atoms with Crippen LogP contribution in [0.3, 0.4) is 0 Å². The Morgan fingerprint density at radius 1 is 1.14 bits per heavy atom. The minimum Gasteiger partial charge on any atom is -0.497 e. The Morgan fingerprint density at radius 2 is 1.86 bits per heavy atom. The second-order valence-electron chi connectivity index (χ2n) is 6.49. The van der Waals surface area contributed by atoms with Gasteiger partial charge in [0, 0.05) is 24.1 Å². The molecule has 3 rings (SSSR count). The quantitative estimate of drug-likeness (QED) is 0.709. The lowest BCUT2D eigenvalue weighted by Crippen LogP contribution is -2.30. The summed E-state index contributed by atoms with van der Waals surface area (Å²) >= 11 is 0. The Balaban J connectivity index is 1.83. The van der Waals surface area contributed by atoms with Gasteiger partial charge in [0.15, 0.2) is 0 Å². The molecule has 0 fully saturated rings. The summed E-state index contributed by atoms with van der Waals surface area (Å²) in [6.07, 6.45) is 0.0669. The number of carbonyl (C=O) groups excluding carboxylic acids is 1. The molecule has 1 aromatic heterocycles. The molecule has 0 aliphatic rings. The Hall–Kier alpha value is -3.35. The molecular weight excluding hydrogens is 358 g/mol. The SMILES string of the molecule is COc1ccc(C(C)NC(=O)Cc2nn(C)c(=O)c3ccccc23)c(OC)c1. The Kier molecular flexibility index (Phi) is 5.63. The van der Waals surface area contributed by atoms with Crippen molar-refractivity contribution in [3.63, 3.8) is 0 Å². The number of ether oxygens (including phenoxy) is 2. The van der Waals surface area contributed by atoms with E-state index in [1.54, 1.807) is 39.5 Å². The van der Waals surface area contributed by atoms with Gasteiger partial charge in [-0.15, -0.1) is 0 Å². The first-order valence-electron chi connectivity index (χ1n) is 8.90. The van der Waals surface area contributed by atoms with E-state index >= 15 is 0 Å². The van der Waals surface area contributed by atoms with Crippen LogP contribution in [0.4, 0.5) is 0 Å². The van der Waals surface area contributed by atoms with Crippen molar-refractivity contribution < 1.29 is 14.3 Å². The van der Waals surface area contributed by atoms with E-state index in [1.807, 2.05) is 31.2 Å². The van der Waals surface area contributed by atoms with Gasteiger partial charge in [0.2, 0.25) is 5.91 Å². The second-order valence-corrected chi connectivity index (χ2v) is 6.49. The van der Waals surface area contributed by atoms with Gasteiger partial charge in [-0.3, -0.25) is 9.59 Å². The maximum Gasteiger partial charge on any atom is 0.274 e. The summed E-state index contributed by atoms with van der Waals surface area (Å²) in [6.45, 7) is 1.88. The summed E-state index contributed by atoms with van der Waals surface area (Å²) in [5.41, 5.74) is 1.22. The number of hydrogen-bond donors (Lipinski definition) is 1. The van der Waals surface area contributed by atoms with Gasteiger partial charge in [0.25, 0.3) is 5.56 Å². The van der Waals surface area contributed by atoms with Crippen molar-refractivity contribution in [2.45, 2.75) is 19.4 Å². The molecule has 1 heterocycles. The summed E-state index contributed by atoms with van der Waals surface area (Å²) in [4.78, 5) is 24.9. The van der Waals surface area contributed by atoms with E-state index in [9.17, 15) is 9.59 Å². The molecule has 1 atom stereocenters. The van der Waals surface area contributed by atoms with Gasteiger partial charge in [-0.2, -0.15) is 5.10 Å². The topological polar surface area (TPSA) is 82.5 Å². The minimum atomic E-state index is -0.271. The maximum atomic E-state index is 12.7. The van der Waals surface area contributed by atoms with Gasteiger partial charge >= 0.3 is 0 Å². The van der Waals surface area contributed by atoms with E-state index in [1.165, 1.54) is 4.68 Å². The third-order valence-electron chi connectivity index (χ3n) is 4.65. The summed E-state index contributed by atoms with van der Waals surface area (Å²) in [7, 11) is 4.75. The van der Waals surface area contributed by atoms with Crippen LogP contribution in [0.2, 0.25) is 0 Å². The molecule has 7 heteroatoms. The standard InChI is InChI=1S/C21H23N3O4/c1-13(15-10-9-14(27-3)11-19(15)28-4)22-20(25)12-18-16-7-5-6-8-17(16)21(26)24(2)23-18/h5-11,13H,12H2,1-4H3,(H,22,25). The van der Waals surface area contributed by atoms with Gasteiger partial charge < -0.3 is 14.8 Å². The number of carbonyl (C=O) groups is 1. The Labute approximate surface area is 162 Å². The van der Waals surface area contributed by atoms with Crippen LogP contribution in [-0.4, -0.2) is 29.9 Å². The number of aromatic nitrogens is 2. The lowest BCUT2D eigenvalue weighted by molar-refractivity contribution is -0.121. The molecule has 0 aliphatic heterocycles. The van der Waals surface area contributed by atoms with Crippen molar-refractivity contribution in [2.24, 2.45) is 7.05 Å². The van der Waals surface area contributed by atoms with Crippen LogP contribution in [0, 0.1) is 0 Å². The molecule has 0 bridgehead atoms. The first kappa shape index (κ1) is 19.4. The van der Waals surface area contributed by atoms with Crippen molar-refractivity contribution in [3.8, 4) is 11.5 Å². The summed E-state index contributed by atoms with van der Waals surface area (Å²) < 4.78 is 11.9. The van der Waals surface area contributed by atoms with Crippen molar-refractivity contribution in [1.82, 2.24) is 15.1 Å². The van der Waals surface area contributed by atoms with Crippen LogP contribution in [0.25, 0.3) is 10.8 Å². The fourth-order valence-electron chi connectivity index (χ4n) is 3.21. The summed E-state index contributed by atoms with van der Waals surface area (Å²) in [6, 6.07) is 12.4. The monoisotopic (exact) mass is 381 g/mol. The van der Waals surface area contributed by atoms with Gasteiger partial charge in [-0.1, -0.05) is 18.2 Å². The second kappa shape index (κ2) is 8.12. The molecule has 2 aromatic carbocycles. The fourth-order valence-corrected chi connectivity index (χ4v) is 3.21. The lowest BCUT2D eigenvalue weighted by atomic mass is 10.1. The van der Waals surface area contributed by atoms with E-state index in [4.69, 9.17) is 9.47 Å². The van der Waals surface area contributed by atoms with Crippen molar-refractivity contribution in [3.05, 3.63) is 64.1 Å². The van der Waals surface area contributed by atoms with E-state index < -0.39 is 0 Å². The van der Waals surface area contributed by atoms with E-state index in [0.29, 0.717) is 28.0 Å². The molecule has 0 spiro atoms. The number of rotatable bonds is 6. The molecule has 1 unspecified atom stereocenters. The zero-order chi connectivity index (χ0) is 20.3. The first-order valence-corrected chi connectivity index (χ1v) is 8.90. The normalized spacial score (nSPS) is 11.9. The minimum absolute atomic E-state index is 0.0669. The summed E-state index contributed by atoms with van der Waals surface area (Å²) in [5, 5.41) is 8.49. The molecule has 0 saturated heterocycles. The average molecular weight is 381 g/mol. The molecule has 28 heavy (non-hydrogen) atoms. The Morgan fingerprint density at radius 3 is 2.54 bits per heavy atom. The van der Waals surface area contributed by atoms with Crippen LogP contribution >= 0.6 is 0 Å². The van der Waals surface area contributed by atoms with Crippen molar-refractivity contribution >= 4 is 16.7 Å². The lowest BCUT2D eigenvalue weighted by Gasteiger charge is -2.18. The predicted octanol–water partition coefficient (Wildman–Crippen LogP) is 2.37. The number of nitrogens with zero attached hydrogens (tertiary/aromatic N) is 2. The highest BCUT2D eigenvalue weighted by Gasteiger charge is 2.17. The molecule has 146 valence electrons. The molecule has 7 nitrogen and oxygen atoms in total. The zero-order valence-corrected chi connectivity index (χ0v) is 16.4. The van der Waals surface area contributed by atoms with E-state index in [0.717, 1.165) is 5.56 Å². The van der Waals surface area contributed by atoms with Gasteiger partial charge in [0.05, 0.1) is 37.8 Å². The fraction of sp³-hybridized carbons (Fsp3) is 0.286. The first-order chi connectivity index (χ1) is 13.4. The maximum absolute atomic E-state index is 12.7. The van der Waals surface area contributed by atoms with Crippen LogP contribution in [-0.2, 0) is 18.3 Å². The number of fused-ring (bicyclic) bond motifs is 1. The van der Waals surface area contributed by atoms with Crippen molar-refractivity contribution in [1.29, 1.82) is 0 Å². The number of benzene rings is 2. The third kappa shape index (κ3) is 3.83.